The van der Waals surface area contributed by atoms with Gasteiger partial charge in [-0.1, -0.05) is 24.6 Å². The van der Waals surface area contributed by atoms with E-state index < -0.39 is 5.97 Å². The summed E-state index contributed by atoms with van der Waals surface area (Å²) in [6.07, 6.45) is 2.84. The highest BCUT2D eigenvalue weighted by Gasteiger charge is 2.32. The van der Waals surface area contributed by atoms with Crippen LogP contribution in [-0.4, -0.2) is 27.4 Å². The van der Waals surface area contributed by atoms with Crippen LogP contribution in [-0.2, 0) is 18.4 Å². The Morgan fingerprint density at radius 2 is 2.24 bits per heavy atom. The number of hydrogen-bond donors (Lipinski definition) is 2. The smallest absolute Gasteiger partial charge is 0.306 e. The fourth-order valence-electron chi connectivity index (χ4n) is 3.40. The quantitative estimate of drug-likeness (QED) is 0.884. The van der Waals surface area contributed by atoms with Crippen molar-refractivity contribution in [2.24, 2.45) is 18.9 Å². The molecule has 1 aliphatic carbocycles. The molecule has 1 aromatic heterocycles. The third-order valence-electron chi connectivity index (χ3n) is 4.51. The van der Waals surface area contributed by atoms with Gasteiger partial charge in [0.15, 0.2) is 0 Å². The molecule has 1 fully saturated rings. The molecule has 1 aliphatic rings. The van der Waals surface area contributed by atoms with Gasteiger partial charge in [-0.2, -0.15) is 5.10 Å². The topological polar surface area (TPSA) is 67.2 Å². The van der Waals surface area contributed by atoms with Crippen molar-refractivity contribution in [3.63, 3.8) is 0 Å². The molecule has 0 bridgehead atoms. The third kappa shape index (κ3) is 2.78. The van der Waals surface area contributed by atoms with Gasteiger partial charge in [-0.05, 0) is 31.4 Å². The minimum absolute atomic E-state index is 0.182. The van der Waals surface area contributed by atoms with E-state index in [1.165, 1.54) is 0 Å². The second-order valence-electron chi connectivity index (χ2n) is 5.85. The van der Waals surface area contributed by atoms with E-state index in [1.54, 1.807) is 0 Å². The number of rotatable bonds is 5. The average Bonchev–Trinajstić information content (AvgIpc) is 3.05. The predicted octanol–water partition coefficient (Wildman–Crippen LogP) is 2.16. The van der Waals surface area contributed by atoms with Gasteiger partial charge in [0.2, 0.25) is 0 Å². The number of hydrogen-bond acceptors (Lipinski definition) is 3. The number of carboxylic acids is 1. The van der Waals surface area contributed by atoms with Gasteiger partial charge in [-0.3, -0.25) is 9.48 Å². The Balaban J connectivity index is 1.63. The number of fused-ring (bicyclic) bond motifs is 1. The van der Waals surface area contributed by atoms with Crippen molar-refractivity contribution < 1.29 is 9.90 Å². The Morgan fingerprint density at radius 3 is 3.05 bits per heavy atom. The molecular weight excluding hydrogens is 266 g/mol. The molecule has 5 nitrogen and oxygen atoms in total. The molecule has 1 saturated carbocycles. The van der Waals surface area contributed by atoms with Crippen LogP contribution in [0.1, 0.15) is 25.0 Å². The lowest BCUT2D eigenvalue weighted by Gasteiger charge is -2.15. The van der Waals surface area contributed by atoms with Crippen LogP contribution in [0.4, 0.5) is 0 Å². The molecular formula is C16H21N3O2. The predicted molar refractivity (Wildman–Crippen MR) is 80.9 cm³/mol. The Bertz CT molecular complexity index is 650. The van der Waals surface area contributed by atoms with Gasteiger partial charge >= 0.3 is 5.97 Å². The summed E-state index contributed by atoms with van der Waals surface area (Å²) >= 11 is 0. The number of benzene rings is 1. The zero-order valence-electron chi connectivity index (χ0n) is 12.2. The van der Waals surface area contributed by atoms with Crippen LogP contribution < -0.4 is 5.32 Å². The van der Waals surface area contributed by atoms with Crippen molar-refractivity contribution >= 4 is 16.9 Å². The van der Waals surface area contributed by atoms with E-state index in [1.807, 2.05) is 23.9 Å². The fourth-order valence-corrected chi connectivity index (χ4v) is 3.40. The average molecular weight is 287 g/mol. The normalized spacial score (nSPS) is 22.0. The highest BCUT2D eigenvalue weighted by atomic mass is 16.4. The standard InChI is InChI=1S/C16H21N3O2/c1-19-15-8-3-2-6-13(15)14(18-19)10-17-9-11-5-4-7-12(11)16(20)21/h2-3,6,8,11-12,17H,4-5,7,9-10H2,1H3,(H,20,21). The largest absolute Gasteiger partial charge is 0.481 e. The van der Waals surface area contributed by atoms with Crippen molar-refractivity contribution in [3.8, 4) is 0 Å². The van der Waals surface area contributed by atoms with Gasteiger partial charge in [0, 0.05) is 19.0 Å². The SMILES string of the molecule is Cn1nc(CNCC2CCCC2C(=O)O)c2ccccc21. The Hall–Kier alpha value is -1.88. The Labute approximate surface area is 124 Å². The van der Waals surface area contributed by atoms with E-state index in [0.717, 1.165) is 42.4 Å². The van der Waals surface area contributed by atoms with Crippen LogP contribution in [0.15, 0.2) is 24.3 Å². The van der Waals surface area contributed by atoms with Crippen molar-refractivity contribution in [2.45, 2.75) is 25.8 Å². The molecule has 1 aromatic carbocycles. The van der Waals surface area contributed by atoms with Crippen molar-refractivity contribution in [1.82, 2.24) is 15.1 Å². The number of nitrogens with one attached hydrogen (secondary N) is 1. The zero-order chi connectivity index (χ0) is 14.8. The van der Waals surface area contributed by atoms with Gasteiger partial charge in [0.05, 0.1) is 17.1 Å². The van der Waals surface area contributed by atoms with Gasteiger partial charge in [-0.25, -0.2) is 0 Å². The van der Waals surface area contributed by atoms with Crippen molar-refractivity contribution in [2.75, 3.05) is 6.54 Å². The number of aromatic nitrogens is 2. The number of aryl methyl sites for hydroxylation is 1. The molecule has 2 aromatic rings. The van der Waals surface area contributed by atoms with Crippen LogP contribution in [0.3, 0.4) is 0 Å². The number of nitrogens with zero attached hydrogens (tertiary/aromatic N) is 2. The first-order valence-electron chi connectivity index (χ1n) is 7.51. The molecule has 0 spiro atoms. The van der Waals surface area contributed by atoms with Gasteiger partial charge in [0.25, 0.3) is 0 Å². The van der Waals surface area contributed by atoms with Crippen LogP contribution in [0.2, 0.25) is 0 Å². The lowest BCUT2D eigenvalue weighted by atomic mass is 9.96. The molecule has 2 atom stereocenters. The number of para-hydroxylation sites is 1. The number of carbonyl (C=O) groups is 1. The van der Waals surface area contributed by atoms with E-state index in [9.17, 15) is 9.90 Å². The molecule has 0 amide bonds. The molecule has 2 unspecified atom stereocenters. The molecule has 5 heteroatoms. The summed E-state index contributed by atoms with van der Waals surface area (Å²) in [4.78, 5) is 11.2. The van der Waals surface area contributed by atoms with Crippen LogP contribution in [0, 0.1) is 11.8 Å². The summed E-state index contributed by atoms with van der Waals surface area (Å²) in [5.41, 5.74) is 2.15. The maximum absolute atomic E-state index is 11.2. The zero-order valence-corrected chi connectivity index (χ0v) is 12.2. The van der Waals surface area contributed by atoms with E-state index in [0.29, 0.717) is 6.54 Å². The van der Waals surface area contributed by atoms with E-state index in [-0.39, 0.29) is 11.8 Å². The first kappa shape index (κ1) is 14.1. The first-order valence-corrected chi connectivity index (χ1v) is 7.51. The lowest BCUT2D eigenvalue weighted by molar-refractivity contribution is -0.142. The number of aliphatic carboxylic acids is 1. The molecule has 0 radical (unpaired) electrons. The molecule has 0 aliphatic heterocycles. The maximum atomic E-state index is 11.2. The van der Waals surface area contributed by atoms with Crippen molar-refractivity contribution in [3.05, 3.63) is 30.0 Å². The third-order valence-corrected chi connectivity index (χ3v) is 4.51. The second-order valence-corrected chi connectivity index (χ2v) is 5.85. The summed E-state index contributed by atoms with van der Waals surface area (Å²) in [6.45, 7) is 1.44. The monoisotopic (exact) mass is 287 g/mol. The summed E-state index contributed by atoms with van der Waals surface area (Å²) in [5, 5.41) is 18.3. The summed E-state index contributed by atoms with van der Waals surface area (Å²) in [5.74, 6) is -0.585. The summed E-state index contributed by atoms with van der Waals surface area (Å²) in [7, 11) is 1.95. The van der Waals surface area contributed by atoms with Crippen LogP contribution >= 0.6 is 0 Å². The molecule has 2 N–H and O–H groups in total. The molecule has 0 saturated heterocycles. The summed E-state index contributed by atoms with van der Waals surface area (Å²) in [6, 6.07) is 8.17. The molecule has 3 rings (SSSR count). The highest BCUT2D eigenvalue weighted by molar-refractivity contribution is 5.81. The fraction of sp³-hybridized carbons (Fsp3) is 0.500. The number of carboxylic acid groups (broad SMARTS) is 1. The maximum Gasteiger partial charge on any atom is 0.306 e. The first-order chi connectivity index (χ1) is 10.2. The molecule has 21 heavy (non-hydrogen) atoms. The lowest BCUT2D eigenvalue weighted by Crippen LogP contribution is -2.28. The minimum Gasteiger partial charge on any atom is -0.481 e. The van der Waals surface area contributed by atoms with Crippen LogP contribution in [0.25, 0.3) is 10.9 Å². The Kier molecular flexibility index (Phi) is 3.92. The van der Waals surface area contributed by atoms with Gasteiger partial charge in [-0.15, -0.1) is 0 Å². The van der Waals surface area contributed by atoms with E-state index in [4.69, 9.17) is 0 Å². The van der Waals surface area contributed by atoms with E-state index in [2.05, 4.69) is 22.5 Å². The highest BCUT2D eigenvalue weighted by Crippen LogP contribution is 2.31. The minimum atomic E-state index is -0.650. The molecule has 112 valence electrons. The van der Waals surface area contributed by atoms with Gasteiger partial charge in [0.1, 0.15) is 0 Å². The van der Waals surface area contributed by atoms with Crippen LogP contribution in [0.5, 0.6) is 0 Å². The Morgan fingerprint density at radius 1 is 1.43 bits per heavy atom. The molecule has 1 heterocycles. The van der Waals surface area contributed by atoms with E-state index >= 15 is 0 Å². The second kappa shape index (κ2) is 5.85. The van der Waals surface area contributed by atoms with Gasteiger partial charge < -0.3 is 10.4 Å². The summed E-state index contributed by atoms with van der Waals surface area (Å²) < 4.78 is 1.89. The van der Waals surface area contributed by atoms with Crippen molar-refractivity contribution in [1.29, 1.82) is 0 Å².